The highest BCUT2D eigenvalue weighted by atomic mass is 32.2. The van der Waals surface area contributed by atoms with Crippen molar-refractivity contribution in [2.45, 2.75) is 26.2 Å². The van der Waals surface area contributed by atoms with Gasteiger partial charge in [-0.25, -0.2) is 0 Å². The van der Waals surface area contributed by atoms with Crippen molar-refractivity contribution in [2.75, 3.05) is 24.1 Å². The van der Waals surface area contributed by atoms with Crippen molar-refractivity contribution in [1.29, 1.82) is 5.26 Å². The van der Waals surface area contributed by atoms with Gasteiger partial charge in [-0.3, -0.25) is 9.69 Å². The third kappa shape index (κ3) is 3.70. The van der Waals surface area contributed by atoms with E-state index in [9.17, 15) is 10.1 Å². The predicted octanol–water partition coefficient (Wildman–Crippen LogP) is 4.61. The quantitative estimate of drug-likeness (QED) is 0.743. The maximum absolute atomic E-state index is 13.0. The van der Waals surface area contributed by atoms with Crippen LogP contribution in [0.3, 0.4) is 0 Å². The minimum Gasteiger partial charge on any atom is -0.492 e. The van der Waals surface area contributed by atoms with E-state index >= 15 is 0 Å². The number of carbonyl (C=O) groups excluding carboxylic acids is 1. The van der Waals surface area contributed by atoms with E-state index in [1.807, 2.05) is 62.4 Å². The van der Waals surface area contributed by atoms with Gasteiger partial charge in [0.1, 0.15) is 5.75 Å². The van der Waals surface area contributed by atoms with Crippen molar-refractivity contribution in [3.8, 4) is 11.8 Å². The number of para-hydroxylation sites is 2. The van der Waals surface area contributed by atoms with Crippen LogP contribution < -0.4 is 9.64 Å². The minimum absolute atomic E-state index is 0.0515. The topological polar surface area (TPSA) is 56.6 Å². The van der Waals surface area contributed by atoms with E-state index in [0.29, 0.717) is 31.1 Å². The molecule has 1 amide bonds. The Labute approximate surface area is 175 Å². The van der Waals surface area contributed by atoms with E-state index in [1.54, 1.807) is 16.7 Å². The molecular weight excluding hydrogens is 382 g/mol. The lowest BCUT2D eigenvalue weighted by molar-refractivity contribution is -0.129. The number of benzene rings is 2. The fourth-order valence-corrected chi connectivity index (χ4v) is 4.95. The molecule has 0 bridgehead atoms. The van der Waals surface area contributed by atoms with Crippen molar-refractivity contribution < 1.29 is 9.53 Å². The molecule has 0 radical (unpaired) electrons. The lowest BCUT2D eigenvalue weighted by atomic mass is 9.86. The van der Waals surface area contributed by atoms with Gasteiger partial charge in [0.15, 0.2) is 0 Å². The lowest BCUT2D eigenvalue weighted by Gasteiger charge is -2.42. The Morgan fingerprint density at radius 3 is 2.69 bits per heavy atom. The van der Waals surface area contributed by atoms with Gasteiger partial charge < -0.3 is 9.64 Å². The number of aryl methyl sites for hydroxylation is 1. The Bertz CT molecular complexity index is 994. The second-order valence-electron chi connectivity index (χ2n) is 7.18. The average molecular weight is 406 g/mol. The summed E-state index contributed by atoms with van der Waals surface area (Å²) < 4.78 is 5.76. The van der Waals surface area contributed by atoms with Crippen LogP contribution in [0.1, 0.15) is 30.4 Å². The van der Waals surface area contributed by atoms with E-state index in [0.717, 1.165) is 22.0 Å². The average Bonchev–Trinajstić information content (AvgIpc) is 2.75. The first-order chi connectivity index (χ1) is 14.1. The molecule has 0 unspecified atom stereocenters. The first kappa shape index (κ1) is 19.4. The predicted molar refractivity (Wildman–Crippen MR) is 115 cm³/mol. The number of rotatable bonds is 4. The molecule has 2 aromatic rings. The van der Waals surface area contributed by atoms with Crippen molar-refractivity contribution in [3.63, 3.8) is 0 Å². The number of amides is 1. The molecule has 1 atom stereocenters. The number of nitrogens with zero attached hydrogens (tertiary/aromatic N) is 3. The fourth-order valence-electron chi connectivity index (χ4n) is 3.79. The second-order valence-corrected chi connectivity index (χ2v) is 8.11. The summed E-state index contributed by atoms with van der Waals surface area (Å²) in [4.78, 5) is 16.9. The van der Waals surface area contributed by atoms with Crippen LogP contribution >= 0.6 is 11.8 Å². The third-order valence-corrected chi connectivity index (χ3v) is 6.43. The van der Waals surface area contributed by atoms with Gasteiger partial charge >= 0.3 is 0 Å². The van der Waals surface area contributed by atoms with E-state index in [-0.39, 0.29) is 11.8 Å². The Kier molecular flexibility index (Phi) is 5.50. The number of allylic oxidation sites excluding steroid dienone is 1. The van der Waals surface area contributed by atoms with Crippen LogP contribution in [-0.2, 0) is 4.79 Å². The minimum atomic E-state index is -0.172. The first-order valence-corrected chi connectivity index (χ1v) is 10.7. The molecule has 1 saturated heterocycles. The zero-order chi connectivity index (χ0) is 20.4. The molecule has 148 valence electrons. The summed E-state index contributed by atoms with van der Waals surface area (Å²) in [6.45, 7) is 5.01. The molecule has 0 spiro atoms. The smallest absolute Gasteiger partial charge is 0.229 e. The molecule has 2 aliphatic heterocycles. The molecule has 6 heteroatoms. The number of anilines is 1. The van der Waals surface area contributed by atoms with Crippen LogP contribution in [0, 0.1) is 18.3 Å². The maximum Gasteiger partial charge on any atom is 0.229 e. The Balaban J connectivity index is 1.65. The Hall–Kier alpha value is -2.91. The molecule has 0 aromatic heterocycles. The number of hydrogen-bond acceptors (Lipinski definition) is 5. The number of nitriles is 1. The lowest BCUT2D eigenvalue weighted by Crippen LogP contribution is -2.47. The summed E-state index contributed by atoms with van der Waals surface area (Å²) in [6, 6.07) is 18.4. The third-order valence-electron chi connectivity index (χ3n) is 5.28. The monoisotopic (exact) mass is 405 g/mol. The van der Waals surface area contributed by atoms with Gasteiger partial charge in [0, 0.05) is 12.3 Å². The number of fused-ring (bicyclic) bond motifs is 1. The van der Waals surface area contributed by atoms with Crippen molar-refractivity contribution in [3.05, 3.63) is 70.3 Å². The van der Waals surface area contributed by atoms with Gasteiger partial charge in [0.2, 0.25) is 5.91 Å². The van der Waals surface area contributed by atoms with Crippen LogP contribution in [-0.4, -0.2) is 30.0 Å². The second kappa shape index (κ2) is 8.22. The van der Waals surface area contributed by atoms with Crippen LogP contribution in [0.5, 0.6) is 5.75 Å². The summed E-state index contributed by atoms with van der Waals surface area (Å²) in [7, 11) is 0. The molecule has 2 heterocycles. The highest BCUT2D eigenvalue weighted by Crippen LogP contribution is 2.44. The summed E-state index contributed by atoms with van der Waals surface area (Å²) in [5, 5.41) is 10.7. The van der Waals surface area contributed by atoms with Crippen LogP contribution in [0.15, 0.2) is 59.1 Å². The maximum atomic E-state index is 13.0. The number of hydrogen-bond donors (Lipinski definition) is 0. The Morgan fingerprint density at radius 2 is 1.97 bits per heavy atom. The highest BCUT2D eigenvalue weighted by Gasteiger charge is 2.38. The molecule has 1 fully saturated rings. The standard InChI is InChI=1S/C23H23N3O2S/c1-3-28-21-7-5-4-6-20(21)25-14-26-22(27)12-18(17-10-8-16(2)9-11-17)19(13-24)23(26)29-15-25/h4-11,18H,3,12,14-15H2,1-2H3/t18-/m1/s1. The molecule has 5 nitrogen and oxygen atoms in total. The van der Waals surface area contributed by atoms with E-state index in [1.165, 1.54) is 5.56 Å². The van der Waals surface area contributed by atoms with Gasteiger partial charge in [0.25, 0.3) is 0 Å². The summed E-state index contributed by atoms with van der Waals surface area (Å²) >= 11 is 1.55. The van der Waals surface area contributed by atoms with Crippen LogP contribution in [0.2, 0.25) is 0 Å². The largest absolute Gasteiger partial charge is 0.492 e. The Morgan fingerprint density at radius 1 is 1.21 bits per heavy atom. The molecule has 2 aromatic carbocycles. The van der Waals surface area contributed by atoms with E-state index in [4.69, 9.17) is 4.74 Å². The van der Waals surface area contributed by atoms with Gasteiger partial charge in [-0.1, -0.05) is 53.7 Å². The summed E-state index contributed by atoms with van der Waals surface area (Å²) in [5.74, 6) is 1.35. The molecule has 2 aliphatic rings. The van der Waals surface area contributed by atoms with Crippen LogP contribution in [0.25, 0.3) is 0 Å². The number of carbonyl (C=O) groups is 1. The summed E-state index contributed by atoms with van der Waals surface area (Å²) in [5.41, 5.74) is 3.85. The zero-order valence-electron chi connectivity index (χ0n) is 16.6. The van der Waals surface area contributed by atoms with Crippen LogP contribution in [0.4, 0.5) is 5.69 Å². The van der Waals surface area contributed by atoms with Crippen molar-refractivity contribution >= 4 is 23.4 Å². The van der Waals surface area contributed by atoms with Gasteiger partial charge in [-0.15, -0.1) is 0 Å². The fraction of sp³-hybridized carbons (Fsp3) is 0.304. The zero-order valence-corrected chi connectivity index (χ0v) is 17.4. The van der Waals surface area contributed by atoms with Gasteiger partial charge in [0.05, 0.1) is 41.5 Å². The molecule has 0 N–H and O–H groups in total. The molecular formula is C23H23N3O2S. The van der Waals surface area contributed by atoms with Crippen molar-refractivity contribution in [1.82, 2.24) is 4.90 Å². The molecule has 0 saturated carbocycles. The van der Waals surface area contributed by atoms with Crippen molar-refractivity contribution in [2.24, 2.45) is 0 Å². The highest BCUT2D eigenvalue weighted by molar-refractivity contribution is 8.03. The summed E-state index contributed by atoms with van der Waals surface area (Å²) in [6.07, 6.45) is 0.316. The number of thioether (sulfide) groups is 1. The molecule has 4 rings (SSSR count). The number of ether oxygens (including phenoxy) is 1. The van der Waals surface area contributed by atoms with Gasteiger partial charge in [-0.05, 0) is 31.5 Å². The first-order valence-electron chi connectivity index (χ1n) is 9.73. The van der Waals surface area contributed by atoms with Gasteiger partial charge in [-0.2, -0.15) is 5.26 Å². The molecule has 29 heavy (non-hydrogen) atoms. The SMILES string of the molecule is CCOc1ccccc1N1CSC2=C(C#N)[C@@H](c3ccc(C)cc3)CC(=O)N2C1. The normalized spacial score (nSPS) is 19.1. The van der Waals surface area contributed by atoms with E-state index in [2.05, 4.69) is 11.0 Å². The van der Waals surface area contributed by atoms with E-state index < -0.39 is 0 Å². The molecule has 0 aliphatic carbocycles.